The molecule has 0 saturated heterocycles. The third-order valence-electron chi connectivity index (χ3n) is 5.58. The highest BCUT2D eigenvalue weighted by Gasteiger charge is 2.44. The fourth-order valence-electron chi connectivity index (χ4n) is 3.75. The van der Waals surface area contributed by atoms with Crippen molar-refractivity contribution in [2.24, 2.45) is 5.92 Å². The molecule has 1 heterocycles. The normalized spacial score (nSPS) is 16.8. The molecule has 1 aromatic heterocycles. The molecule has 2 unspecified atom stereocenters. The molecule has 6 nitrogen and oxygen atoms in total. The number of amides is 1. The lowest BCUT2D eigenvalue weighted by Gasteiger charge is -2.09. The lowest BCUT2D eigenvalue weighted by Crippen LogP contribution is -2.16. The maximum absolute atomic E-state index is 12.9. The number of hydrogen-bond acceptors (Lipinski definition) is 6. The molecule has 2 aromatic carbocycles. The highest BCUT2D eigenvalue weighted by atomic mass is 32.1. The second-order valence-corrected chi connectivity index (χ2v) is 8.39. The Morgan fingerprint density at radius 1 is 1.00 bits per heavy atom. The van der Waals surface area contributed by atoms with Crippen LogP contribution in [-0.4, -0.2) is 32.7 Å². The first-order valence-corrected chi connectivity index (χ1v) is 11.3. The van der Waals surface area contributed by atoms with Gasteiger partial charge < -0.3 is 19.5 Å². The van der Waals surface area contributed by atoms with Crippen LogP contribution in [0.2, 0.25) is 0 Å². The van der Waals surface area contributed by atoms with Crippen molar-refractivity contribution >= 4 is 28.2 Å². The summed E-state index contributed by atoms with van der Waals surface area (Å²) in [7, 11) is 3.24. The highest BCUT2D eigenvalue weighted by molar-refractivity contribution is 7.15. The van der Waals surface area contributed by atoms with Gasteiger partial charge >= 0.3 is 5.97 Å². The molecule has 0 spiro atoms. The molecule has 2 atom stereocenters. The summed E-state index contributed by atoms with van der Waals surface area (Å²) in [4.78, 5) is 25.7. The number of thiophene rings is 1. The minimum Gasteiger partial charge on any atom is -0.497 e. The molecule has 0 aliphatic heterocycles. The van der Waals surface area contributed by atoms with Crippen molar-refractivity contribution < 1.29 is 23.8 Å². The van der Waals surface area contributed by atoms with E-state index in [2.05, 4.69) is 5.32 Å². The van der Waals surface area contributed by atoms with E-state index >= 15 is 0 Å². The van der Waals surface area contributed by atoms with Gasteiger partial charge in [0, 0.05) is 16.9 Å². The van der Waals surface area contributed by atoms with E-state index in [1.807, 2.05) is 53.9 Å². The summed E-state index contributed by atoms with van der Waals surface area (Å²) in [6, 6.07) is 15.2. The van der Waals surface area contributed by atoms with Crippen LogP contribution in [-0.2, 0) is 9.53 Å². The number of rotatable bonds is 8. The monoisotopic (exact) mass is 451 g/mol. The van der Waals surface area contributed by atoms with E-state index in [1.165, 1.54) is 11.3 Å². The molecule has 1 N–H and O–H groups in total. The van der Waals surface area contributed by atoms with E-state index in [9.17, 15) is 9.59 Å². The van der Waals surface area contributed by atoms with E-state index in [0.29, 0.717) is 10.6 Å². The molecule has 1 saturated carbocycles. The maximum Gasteiger partial charge on any atom is 0.341 e. The van der Waals surface area contributed by atoms with Crippen molar-refractivity contribution in [2.75, 3.05) is 26.1 Å². The molecule has 1 aliphatic carbocycles. The number of benzene rings is 2. The van der Waals surface area contributed by atoms with Crippen LogP contribution in [0, 0.1) is 5.92 Å². The standard InChI is InChI=1S/C25H25NO5S/c1-4-31-25(28)22-21(16-7-11-18(30-3)12-8-16)14-32-24(22)26-23(27)20-13-19(20)15-5-9-17(29-2)10-6-15/h5-12,14,19-20H,4,13H2,1-3H3,(H,26,27). The third kappa shape index (κ3) is 4.48. The molecule has 166 valence electrons. The first kappa shape index (κ1) is 21.9. The van der Waals surface area contributed by atoms with Crippen LogP contribution in [0.4, 0.5) is 5.00 Å². The minimum absolute atomic E-state index is 0.0838. The van der Waals surface area contributed by atoms with Crippen LogP contribution in [0.15, 0.2) is 53.9 Å². The van der Waals surface area contributed by atoms with Gasteiger partial charge in [0.05, 0.1) is 20.8 Å². The number of methoxy groups -OCH3 is 2. The van der Waals surface area contributed by atoms with Gasteiger partial charge in [-0.15, -0.1) is 11.3 Å². The Hall–Kier alpha value is -3.32. The smallest absolute Gasteiger partial charge is 0.341 e. The first-order chi connectivity index (χ1) is 15.5. The van der Waals surface area contributed by atoms with Gasteiger partial charge in [-0.25, -0.2) is 4.79 Å². The SMILES string of the molecule is CCOC(=O)c1c(-c2ccc(OC)cc2)csc1NC(=O)C1CC1c1ccc(OC)cc1. The van der Waals surface area contributed by atoms with E-state index in [1.54, 1.807) is 21.1 Å². The molecule has 3 aromatic rings. The zero-order valence-electron chi connectivity index (χ0n) is 18.2. The number of carbonyl (C=O) groups is 2. The summed E-state index contributed by atoms with van der Waals surface area (Å²) in [5, 5.41) is 5.36. The summed E-state index contributed by atoms with van der Waals surface area (Å²) in [6.45, 7) is 2.02. The number of hydrogen-bond donors (Lipinski definition) is 1. The van der Waals surface area contributed by atoms with Crippen molar-refractivity contribution in [1.82, 2.24) is 0 Å². The summed E-state index contributed by atoms with van der Waals surface area (Å²) >= 11 is 1.33. The molecule has 7 heteroatoms. The Morgan fingerprint density at radius 2 is 1.62 bits per heavy atom. The Balaban J connectivity index is 1.54. The predicted octanol–water partition coefficient (Wildman–Crippen LogP) is 5.35. The third-order valence-corrected chi connectivity index (χ3v) is 6.47. The van der Waals surface area contributed by atoms with Crippen molar-refractivity contribution in [3.05, 3.63) is 65.0 Å². The van der Waals surface area contributed by atoms with Crippen LogP contribution < -0.4 is 14.8 Å². The molecule has 1 amide bonds. The second kappa shape index (κ2) is 9.44. The van der Waals surface area contributed by atoms with Crippen molar-refractivity contribution in [3.63, 3.8) is 0 Å². The summed E-state index contributed by atoms with van der Waals surface area (Å²) < 4.78 is 15.7. The number of anilines is 1. The van der Waals surface area contributed by atoms with Crippen molar-refractivity contribution in [3.8, 4) is 22.6 Å². The molecule has 0 bridgehead atoms. The number of carbonyl (C=O) groups excluding carboxylic acids is 2. The van der Waals surface area contributed by atoms with Gasteiger partial charge in [-0.2, -0.15) is 0 Å². The minimum atomic E-state index is -0.447. The summed E-state index contributed by atoms with van der Waals surface area (Å²) in [5.41, 5.74) is 3.08. The van der Waals surface area contributed by atoms with Crippen LogP contribution in [0.1, 0.15) is 35.2 Å². The van der Waals surface area contributed by atoms with Gasteiger partial charge in [-0.3, -0.25) is 4.79 Å². The zero-order valence-corrected chi connectivity index (χ0v) is 19.0. The van der Waals surface area contributed by atoms with Crippen LogP contribution in [0.5, 0.6) is 11.5 Å². The van der Waals surface area contributed by atoms with E-state index in [0.717, 1.165) is 34.6 Å². The van der Waals surface area contributed by atoms with Gasteiger partial charge in [-0.05, 0) is 54.7 Å². The molecule has 0 radical (unpaired) electrons. The average Bonchev–Trinajstić information content (AvgIpc) is 3.52. The Kier molecular flexibility index (Phi) is 6.46. The molecular weight excluding hydrogens is 426 g/mol. The van der Waals surface area contributed by atoms with Gasteiger partial charge in [-0.1, -0.05) is 24.3 Å². The topological polar surface area (TPSA) is 73.9 Å². The van der Waals surface area contributed by atoms with E-state index < -0.39 is 5.97 Å². The van der Waals surface area contributed by atoms with E-state index in [4.69, 9.17) is 14.2 Å². The number of esters is 1. The second-order valence-electron chi connectivity index (χ2n) is 7.51. The van der Waals surface area contributed by atoms with Crippen LogP contribution >= 0.6 is 11.3 Å². The van der Waals surface area contributed by atoms with Gasteiger partial charge in [0.1, 0.15) is 22.1 Å². The fourth-order valence-corrected chi connectivity index (χ4v) is 4.71. The zero-order chi connectivity index (χ0) is 22.7. The predicted molar refractivity (Wildman–Crippen MR) is 125 cm³/mol. The van der Waals surface area contributed by atoms with Crippen molar-refractivity contribution in [2.45, 2.75) is 19.3 Å². The number of nitrogens with one attached hydrogen (secondary N) is 1. The van der Waals surface area contributed by atoms with Crippen LogP contribution in [0.3, 0.4) is 0 Å². The van der Waals surface area contributed by atoms with E-state index in [-0.39, 0.29) is 24.3 Å². The maximum atomic E-state index is 12.9. The summed E-state index contributed by atoms with van der Waals surface area (Å²) in [5.74, 6) is 1.04. The Labute approximate surface area is 191 Å². The Morgan fingerprint density at radius 3 is 2.22 bits per heavy atom. The lowest BCUT2D eigenvalue weighted by atomic mass is 10.0. The van der Waals surface area contributed by atoms with Gasteiger partial charge in [0.15, 0.2) is 0 Å². The molecule has 1 aliphatic rings. The molecule has 32 heavy (non-hydrogen) atoms. The lowest BCUT2D eigenvalue weighted by molar-refractivity contribution is -0.117. The largest absolute Gasteiger partial charge is 0.497 e. The molecule has 4 rings (SSSR count). The number of ether oxygens (including phenoxy) is 3. The average molecular weight is 452 g/mol. The molecule has 1 fully saturated rings. The van der Waals surface area contributed by atoms with Gasteiger partial charge in [0.25, 0.3) is 0 Å². The fraction of sp³-hybridized carbons (Fsp3) is 0.280. The first-order valence-electron chi connectivity index (χ1n) is 10.4. The van der Waals surface area contributed by atoms with Crippen molar-refractivity contribution in [1.29, 1.82) is 0 Å². The van der Waals surface area contributed by atoms with Crippen LogP contribution in [0.25, 0.3) is 11.1 Å². The molecular formula is C25H25NO5S. The summed E-state index contributed by atoms with van der Waals surface area (Å²) in [6.07, 6.45) is 0.781. The Bertz CT molecular complexity index is 1100. The van der Waals surface area contributed by atoms with Gasteiger partial charge in [0.2, 0.25) is 5.91 Å². The highest BCUT2D eigenvalue weighted by Crippen LogP contribution is 2.49. The quantitative estimate of drug-likeness (QED) is 0.467.